The number of hydrogen-bond acceptors (Lipinski definition) is 4. The summed E-state index contributed by atoms with van der Waals surface area (Å²) in [4.78, 5) is 16.2. The molecule has 2 heterocycles. The molecular weight excluding hydrogens is 388 g/mol. The summed E-state index contributed by atoms with van der Waals surface area (Å²) in [7, 11) is 0. The van der Waals surface area contributed by atoms with Crippen molar-refractivity contribution < 1.29 is 13.9 Å². The molecule has 0 aliphatic carbocycles. The summed E-state index contributed by atoms with van der Waals surface area (Å²) in [5.41, 5.74) is 3.03. The molecule has 156 valence electrons. The van der Waals surface area contributed by atoms with Gasteiger partial charge >= 0.3 is 0 Å². The Morgan fingerprint density at radius 1 is 0.903 bits per heavy atom. The lowest BCUT2D eigenvalue weighted by Crippen LogP contribution is -2.18. The second kappa shape index (κ2) is 8.88. The minimum absolute atomic E-state index is 0.0993. The number of hydrogen-bond donors (Lipinski definition) is 1. The van der Waals surface area contributed by atoms with Crippen LogP contribution in [0.15, 0.2) is 95.7 Å². The highest BCUT2D eigenvalue weighted by Crippen LogP contribution is 2.32. The average molecular weight is 412 g/mol. The molecule has 31 heavy (non-hydrogen) atoms. The zero-order valence-electron chi connectivity index (χ0n) is 17.5. The fraction of sp³-hybridized carbons (Fsp3) is 0.154. The second-order valence-electron chi connectivity index (χ2n) is 7.76. The third-order valence-corrected chi connectivity index (χ3v) is 5.28. The highest BCUT2D eigenvalue weighted by atomic mass is 16.5. The van der Waals surface area contributed by atoms with Gasteiger partial charge in [0.2, 0.25) is 0 Å². The molecule has 0 fully saturated rings. The number of anilines is 1. The van der Waals surface area contributed by atoms with Gasteiger partial charge in [-0.2, -0.15) is 0 Å². The molecule has 1 N–H and O–H groups in total. The Morgan fingerprint density at radius 2 is 1.58 bits per heavy atom. The molecule has 0 unspecified atom stereocenters. The van der Waals surface area contributed by atoms with Gasteiger partial charge in [-0.05, 0) is 47.5 Å². The van der Waals surface area contributed by atoms with Gasteiger partial charge in [-0.3, -0.25) is 9.78 Å². The standard InChI is InChI=1S/C26H24N2O3/c1-26(2,19-6-4-3-5-7-19)20-8-10-22(11-9-20)30-18-23-12-13-24(31-23)25(29)28-21-14-16-27-17-15-21/h3-17H,18H2,1-2H3,(H,27,28,29). The van der Waals surface area contributed by atoms with Crippen LogP contribution in [0.25, 0.3) is 0 Å². The largest absolute Gasteiger partial charge is 0.486 e. The van der Waals surface area contributed by atoms with Crippen molar-refractivity contribution in [1.82, 2.24) is 4.98 Å². The summed E-state index contributed by atoms with van der Waals surface area (Å²) < 4.78 is 11.5. The molecule has 0 atom stereocenters. The summed E-state index contributed by atoms with van der Waals surface area (Å²) in [5.74, 6) is 1.24. The van der Waals surface area contributed by atoms with Crippen LogP contribution in [0.5, 0.6) is 5.75 Å². The number of rotatable bonds is 7. The van der Waals surface area contributed by atoms with Crippen LogP contribution in [0.2, 0.25) is 0 Å². The second-order valence-corrected chi connectivity index (χ2v) is 7.76. The minimum atomic E-state index is -0.315. The maximum absolute atomic E-state index is 12.3. The molecule has 0 saturated carbocycles. The molecule has 0 bridgehead atoms. The summed E-state index contributed by atoms with van der Waals surface area (Å²) >= 11 is 0. The predicted octanol–water partition coefficient (Wildman–Crippen LogP) is 5.83. The van der Waals surface area contributed by atoms with Crippen LogP contribution in [-0.4, -0.2) is 10.9 Å². The smallest absolute Gasteiger partial charge is 0.291 e. The zero-order valence-corrected chi connectivity index (χ0v) is 17.5. The van der Waals surface area contributed by atoms with Gasteiger partial charge in [0, 0.05) is 23.5 Å². The van der Waals surface area contributed by atoms with E-state index in [-0.39, 0.29) is 23.7 Å². The van der Waals surface area contributed by atoms with Crippen LogP contribution >= 0.6 is 0 Å². The van der Waals surface area contributed by atoms with E-state index in [9.17, 15) is 4.79 Å². The number of pyridine rings is 1. The van der Waals surface area contributed by atoms with Gasteiger partial charge in [-0.15, -0.1) is 0 Å². The number of furan rings is 1. The van der Waals surface area contributed by atoms with Crippen LogP contribution in [0.1, 0.15) is 41.3 Å². The summed E-state index contributed by atoms with van der Waals surface area (Å²) in [5, 5.41) is 2.77. The summed E-state index contributed by atoms with van der Waals surface area (Å²) in [6, 6.07) is 25.3. The normalized spacial score (nSPS) is 11.2. The number of benzene rings is 2. The average Bonchev–Trinajstić information content (AvgIpc) is 3.29. The van der Waals surface area contributed by atoms with Crippen molar-refractivity contribution in [2.45, 2.75) is 25.9 Å². The number of carbonyl (C=O) groups excluding carboxylic acids is 1. The van der Waals surface area contributed by atoms with Crippen molar-refractivity contribution >= 4 is 11.6 Å². The molecular formula is C26H24N2O3. The number of aromatic nitrogens is 1. The molecule has 1 amide bonds. The zero-order chi connectivity index (χ0) is 21.7. The van der Waals surface area contributed by atoms with Crippen molar-refractivity contribution in [1.29, 1.82) is 0 Å². The fourth-order valence-corrected chi connectivity index (χ4v) is 3.35. The van der Waals surface area contributed by atoms with E-state index in [1.54, 1.807) is 36.7 Å². The first-order chi connectivity index (χ1) is 15.0. The number of ether oxygens (including phenoxy) is 1. The van der Waals surface area contributed by atoms with Gasteiger partial charge in [0.25, 0.3) is 5.91 Å². The van der Waals surface area contributed by atoms with Gasteiger partial charge in [0.15, 0.2) is 5.76 Å². The third kappa shape index (κ3) is 4.83. The monoisotopic (exact) mass is 412 g/mol. The molecule has 0 saturated heterocycles. The van der Waals surface area contributed by atoms with Crippen LogP contribution in [0.4, 0.5) is 5.69 Å². The highest BCUT2D eigenvalue weighted by Gasteiger charge is 2.22. The van der Waals surface area contributed by atoms with E-state index in [4.69, 9.17) is 9.15 Å². The Morgan fingerprint density at radius 3 is 2.29 bits per heavy atom. The molecule has 4 aromatic rings. The third-order valence-electron chi connectivity index (χ3n) is 5.28. The van der Waals surface area contributed by atoms with E-state index in [1.807, 2.05) is 18.2 Å². The van der Waals surface area contributed by atoms with Crippen molar-refractivity contribution in [3.63, 3.8) is 0 Å². The van der Waals surface area contributed by atoms with E-state index in [2.05, 4.69) is 60.5 Å². The first kappa shape index (κ1) is 20.4. The van der Waals surface area contributed by atoms with Crippen molar-refractivity contribution in [2.24, 2.45) is 0 Å². The van der Waals surface area contributed by atoms with E-state index in [0.29, 0.717) is 11.4 Å². The SMILES string of the molecule is CC(C)(c1ccccc1)c1ccc(OCc2ccc(C(=O)Nc3ccncc3)o2)cc1. The lowest BCUT2D eigenvalue weighted by molar-refractivity contribution is 0.0992. The Labute approximate surface area is 181 Å². The van der Waals surface area contributed by atoms with Crippen LogP contribution in [-0.2, 0) is 12.0 Å². The number of nitrogens with zero attached hydrogens (tertiary/aromatic N) is 1. The number of nitrogens with one attached hydrogen (secondary N) is 1. The first-order valence-corrected chi connectivity index (χ1v) is 10.1. The lowest BCUT2D eigenvalue weighted by Gasteiger charge is -2.26. The van der Waals surface area contributed by atoms with Gasteiger partial charge in [0.05, 0.1) is 0 Å². The topological polar surface area (TPSA) is 64.4 Å². The molecule has 5 heteroatoms. The van der Waals surface area contributed by atoms with Gasteiger partial charge < -0.3 is 14.5 Å². The van der Waals surface area contributed by atoms with Gasteiger partial charge in [-0.1, -0.05) is 56.3 Å². The first-order valence-electron chi connectivity index (χ1n) is 10.1. The van der Waals surface area contributed by atoms with Crippen molar-refractivity contribution in [3.05, 3.63) is 114 Å². The molecule has 0 aliphatic rings. The van der Waals surface area contributed by atoms with E-state index in [1.165, 1.54) is 11.1 Å². The Kier molecular flexibility index (Phi) is 5.85. The maximum Gasteiger partial charge on any atom is 0.291 e. The summed E-state index contributed by atoms with van der Waals surface area (Å²) in [6.45, 7) is 4.66. The molecule has 2 aromatic heterocycles. The van der Waals surface area contributed by atoms with E-state index >= 15 is 0 Å². The highest BCUT2D eigenvalue weighted by molar-refractivity contribution is 6.02. The van der Waals surface area contributed by atoms with Crippen molar-refractivity contribution in [2.75, 3.05) is 5.32 Å². The molecule has 5 nitrogen and oxygen atoms in total. The van der Waals surface area contributed by atoms with Crippen LogP contribution in [0, 0.1) is 0 Å². The predicted molar refractivity (Wildman–Crippen MR) is 120 cm³/mol. The van der Waals surface area contributed by atoms with E-state index in [0.717, 1.165) is 5.75 Å². The fourth-order valence-electron chi connectivity index (χ4n) is 3.35. The molecule has 0 spiro atoms. The van der Waals surface area contributed by atoms with Gasteiger partial charge in [0.1, 0.15) is 18.1 Å². The Hall–Kier alpha value is -3.86. The lowest BCUT2D eigenvalue weighted by atomic mass is 9.78. The number of amides is 1. The molecule has 0 aliphatic heterocycles. The quantitative estimate of drug-likeness (QED) is 0.415. The van der Waals surface area contributed by atoms with Crippen LogP contribution in [0.3, 0.4) is 0 Å². The van der Waals surface area contributed by atoms with E-state index < -0.39 is 0 Å². The molecule has 4 rings (SSSR count). The number of carbonyl (C=O) groups is 1. The van der Waals surface area contributed by atoms with Crippen LogP contribution < -0.4 is 10.1 Å². The molecule has 0 radical (unpaired) electrons. The maximum atomic E-state index is 12.3. The summed E-state index contributed by atoms with van der Waals surface area (Å²) in [6.07, 6.45) is 3.23. The van der Waals surface area contributed by atoms with Crippen molar-refractivity contribution in [3.8, 4) is 5.75 Å². The Balaban J connectivity index is 1.36. The van der Waals surface area contributed by atoms with Gasteiger partial charge in [-0.25, -0.2) is 0 Å². The Bertz CT molecular complexity index is 1130. The molecule has 2 aromatic carbocycles. The minimum Gasteiger partial charge on any atom is -0.486 e.